The normalized spacial score (nSPS) is 10.5. The van der Waals surface area contributed by atoms with Crippen molar-refractivity contribution in [1.29, 1.82) is 0 Å². The summed E-state index contributed by atoms with van der Waals surface area (Å²) in [4.78, 5) is 19.0. The lowest BCUT2D eigenvalue weighted by atomic mass is 10.1. The van der Waals surface area contributed by atoms with Gasteiger partial charge in [-0.3, -0.25) is 4.98 Å². The number of pyridine rings is 1. The van der Waals surface area contributed by atoms with E-state index in [1.807, 2.05) is 55.6 Å². The topological polar surface area (TPSA) is 45.2 Å². The van der Waals surface area contributed by atoms with Gasteiger partial charge in [-0.1, -0.05) is 12.1 Å². The fraction of sp³-hybridized carbons (Fsp3) is 0.200. The Bertz CT molecular complexity index is 811. The lowest BCUT2D eigenvalue weighted by Gasteiger charge is -2.23. The number of aryl methyl sites for hydroxylation is 2. The summed E-state index contributed by atoms with van der Waals surface area (Å²) in [7, 11) is 0. The second kappa shape index (κ2) is 7.94. The van der Waals surface area contributed by atoms with Crippen LogP contribution in [0.5, 0.6) is 0 Å². The molecule has 0 saturated heterocycles. The number of hydrogen-bond acceptors (Lipinski definition) is 3. The van der Waals surface area contributed by atoms with Gasteiger partial charge in [0.2, 0.25) is 0 Å². The fourth-order valence-corrected chi connectivity index (χ4v) is 3.40. The van der Waals surface area contributed by atoms with Crippen molar-refractivity contribution in [1.82, 2.24) is 9.88 Å². The largest absolute Gasteiger partial charge is 0.322 e. The fourth-order valence-electron chi connectivity index (χ4n) is 2.74. The maximum atomic E-state index is 12.9. The first-order valence-electron chi connectivity index (χ1n) is 8.15. The van der Waals surface area contributed by atoms with Crippen molar-refractivity contribution in [2.24, 2.45) is 0 Å². The highest BCUT2D eigenvalue weighted by Gasteiger charge is 2.16. The summed E-state index contributed by atoms with van der Waals surface area (Å²) >= 11 is 1.63. The van der Waals surface area contributed by atoms with Gasteiger partial charge in [-0.25, -0.2) is 4.79 Å². The van der Waals surface area contributed by atoms with E-state index < -0.39 is 0 Å². The number of urea groups is 1. The number of hydrogen-bond donors (Lipinski definition) is 1. The summed E-state index contributed by atoms with van der Waals surface area (Å²) < 4.78 is 0. The Morgan fingerprint density at radius 2 is 1.92 bits per heavy atom. The number of nitrogens with zero attached hydrogens (tertiary/aromatic N) is 2. The van der Waals surface area contributed by atoms with Crippen molar-refractivity contribution in [3.05, 3.63) is 81.8 Å². The quantitative estimate of drug-likeness (QED) is 0.703. The van der Waals surface area contributed by atoms with Crippen molar-refractivity contribution < 1.29 is 4.79 Å². The number of aromatic nitrogens is 1. The number of amides is 2. The Kier molecular flexibility index (Phi) is 5.46. The highest BCUT2D eigenvalue weighted by atomic mass is 32.1. The monoisotopic (exact) mass is 351 g/mol. The maximum absolute atomic E-state index is 12.9. The molecule has 0 bridgehead atoms. The third-order valence-electron chi connectivity index (χ3n) is 3.79. The first kappa shape index (κ1) is 17.2. The van der Waals surface area contributed by atoms with E-state index >= 15 is 0 Å². The van der Waals surface area contributed by atoms with Crippen LogP contribution in [0.2, 0.25) is 0 Å². The molecule has 2 amide bonds. The van der Waals surface area contributed by atoms with Crippen molar-refractivity contribution in [3.8, 4) is 0 Å². The molecule has 1 N–H and O–H groups in total. The predicted octanol–water partition coefficient (Wildman–Crippen LogP) is 4.99. The van der Waals surface area contributed by atoms with Crippen molar-refractivity contribution in [3.63, 3.8) is 0 Å². The minimum atomic E-state index is -0.123. The highest BCUT2D eigenvalue weighted by Crippen LogP contribution is 2.17. The summed E-state index contributed by atoms with van der Waals surface area (Å²) in [6.45, 7) is 5.07. The smallest absolute Gasteiger partial charge is 0.314 e. The zero-order chi connectivity index (χ0) is 17.6. The molecule has 0 radical (unpaired) electrons. The van der Waals surface area contributed by atoms with Crippen LogP contribution in [0.15, 0.2) is 59.4 Å². The summed E-state index contributed by atoms with van der Waals surface area (Å²) in [5.74, 6) is 0. The third-order valence-corrected chi connectivity index (χ3v) is 4.52. The maximum Gasteiger partial charge on any atom is 0.322 e. The van der Waals surface area contributed by atoms with Gasteiger partial charge in [0.05, 0.1) is 12.2 Å². The van der Waals surface area contributed by atoms with Gasteiger partial charge in [0, 0.05) is 18.4 Å². The molecular weight excluding hydrogens is 330 g/mol. The van der Waals surface area contributed by atoms with E-state index in [1.165, 1.54) is 0 Å². The summed E-state index contributed by atoms with van der Waals surface area (Å²) in [6, 6.07) is 13.7. The number of thiophene rings is 1. The van der Waals surface area contributed by atoms with Gasteiger partial charge in [-0.05, 0) is 71.6 Å². The Hall–Kier alpha value is -2.66. The average molecular weight is 351 g/mol. The Labute approximate surface area is 152 Å². The Morgan fingerprint density at radius 3 is 2.56 bits per heavy atom. The molecule has 0 aliphatic heterocycles. The van der Waals surface area contributed by atoms with Gasteiger partial charge in [-0.15, -0.1) is 0 Å². The van der Waals surface area contributed by atoms with E-state index in [1.54, 1.807) is 22.4 Å². The number of carbonyl (C=O) groups is 1. The zero-order valence-electron chi connectivity index (χ0n) is 14.4. The lowest BCUT2D eigenvalue weighted by Crippen LogP contribution is -2.34. The molecule has 2 aromatic heterocycles. The SMILES string of the molecule is Cc1cc(C)cc(NC(=O)N(Cc2ccsc2)Cc2ccccn2)c1. The molecule has 0 saturated carbocycles. The second-order valence-corrected chi connectivity index (χ2v) is 6.90. The molecule has 3 rings (SSSR count). The standard InChI is InChI=1S/C20H21N3OS/c1-15-9-16(2)11-19(10-15)22-20(24)23(12-17-6-8-25-14-17)13-18-5-3-4-7-21-18/h3-11,14H,12-13H2,1-2H3,(H,22,24). The molecule has 2 heterocycles. The third kappa shape index (κ3) is 4.90. The Balaban J connectivity index is 1.78. The average Bonchev–Trinajstić information content (AvgIpc) is 3.07. The highest BCUT2D eigenvalue weighted by molar-refractivity contribution is 7.07. The molecule has 25 heavy (non-hydrogen) atoms. The number of anilines is 1. The minimum absolute atomic E-state index is 0.123. The first-order valence-corrected chi connectivity index (χ1v) is 9.09. The van der Waals surface area contributed by atoms with Crippen molar-refractivity contribution in [2.45, 2.75) is 26.9 Å². The van der Waals surface area contributed by atoms with Gasteiger partial charge in [-0.2, -0.15) is 11.3 Å². The van der Waals surface area contributed by atoms with Crippen LogP contribution in [-0.2, 0) is 13.1 Å². The van der Waals surface area contributed by atoms with E-state index in [4.69, 9.17) is 0 Å². The minimum Gasteiger partial charge on any atom is -0.314 e. The van der Waals surface area contributed by atoms with Gasteiger partial charge < -0.3 is 10.2 Å². The number of carbonyl (C=O) groups excluding carboxylic acids is 1. The second-order valence-electron chi connectivity index (χ2n) is 6.12. The van der Waals surface area contributed by atoms with E-state index in [0.717, 1.165) is 28.1 Å². The van der Waals surface area contributed by atoms with Gasteiger partial charge in [0.25, 0.3) is 0 Å². The van der Waals surface area contributed by atoms with Crippen LogP contribution in [0.4, 0.5) is 10.5 Å². The number of rotatable bonds is 5. The van der Waals surface area contributed by atoms with Crippen LogP contribution < -0.4 is 5.32 Å². The van der Waals surface area contributed by atoms with E-state index in [-0.39, 0.29) is 6.03 Å². The lowest BCUT2D eigenvalue weighted by molar-refractivity contribution is 0.206. The van der Waals surface area contributed by atoms with Crippen molar-refractivity contribution >= 4 is 23.1 Å². The summed E-state index contributed by atoms with van der Waals surface area (Å²) in [6.07, 6.45) is 1.75. The molecule has 0 unspecified atom stereocenters. The van der Waals surface area contributed by atoms with Gasteiger partial charge in [0.15, 0.2) is 0 Å². The first-order chi connectivity index (χ1) is 12.1. The van der Waals surface area contributed by atoms with Crippen LogP contribution in [-0.4, -0.2) is 15.9 Å². The van der Waals surface area contributed by atoms with Gasteiger partial charge in [0.1, 0.15) is 0 Å². The number of nitrogens with one attached hydrogen (secondary N) is 1. The molecule has 0 aliphatic carbocycles. The van der Waals surface area contributed by atoms with Gasteiger partial charge >= 0.3 is 6.03 Å². The van der Waals surface area contributed by atoms with Crippen LogP contribution >= 0.6 is 11.3 Å². The molecule has 0 fully saturated rings. The van der Waals surface area contributed by atoms with Crippen LogP contribution in [0.25, 0.3) is 0 Å². The molecule has 128 valence electrons. The van der Waals surface area contributed by atoms with E-state index in [9.17, 15) is 4.79 Å². The van der Waals surface area contributed by atoms with Crippen LogP contribution in [0.1, 0.15) is 22.4 Å². The number of benzene rings is 1. The molecule has 0 spiro atoms. The molecule has 0 atom stereocenters. The molecule has 5 heteroatoms. The summed E-state index contributed by atoms with van der Waals surface area (Å²) in [5, 5.41) is 7.11. The summed E-state index contributed by atoms with van der Waals surface area (Å²) in [5.41, 5.74) is 5.07. The van der Waals surface area contributed by atoms with Crippen LogP contribution in [0.3, 0.4) is 0 Å². The zero-order valence-corrected chi connectivity index (χ0v) is 15.2. The molecule has 4 nitrogen and oxygen atoms in total. The predicted molar refractivity (Wildman–Crippen MR) is 103 cm³/mol. The van der Waals surface area contributed by atoms with E-state index in [0.29, 0.717) is 13.1 Å². The van der Waals surface area contributed by atoms with Crippen molar-refractivity contribution in [2.75, 3.05) is 5.32 Å². The molecule has 1 aromatic carbocycles. The molecule has 0 aliphatic rings. The van der Waals surface area contributed by atoms with Crippen LogP contribution in [0, 0.1) is 13.8 Å². The molecular formula is C20H21N3OS. The molecule has 3 aromatic rings. The van der Waals surface area contributed by atoms with E-state index in [2.05, 4.69) is 21.7 Å². The Morgan fingerprint density at radius 1 is 1.12 bits per heavy atom.